The molecule has 2 aromatic heterocycles. The predicted molar refractivity (Wildman–Crippen MR) is 146 cm³/mol. The van der Waals surface area contributed by atoms with E-state index in [2.05, 4.69) is 42.5 Å². The van der Waals surface area contributed by atoms with E-state index in [0.29, 0.717) is 0 Å². The van der Waals surface area contributed by atoms with Crippen molar-refractivity contribution in [2.75, 3.05) is 14.2 Å². The van der Waals surface area contributed by atoms with Gasteiger partial charge in [0.1, 0.15) is 11.5 Å². The maximum Gasteiger partial charge on any atom is 0.119 e. The lowest BCUT2D eigenvalue weighted by Gasteiger charge is -2.16. The molecule has 0 amide bonds. The maximum atomic E-state index is 5.58. The van der Waals surface area contributed by atoms with Crippen molar-refractivity contribution in [3.8, 4) is 45.1 Å². The highest BCUT2D eigenvalue weighted by atomic mass is 16.5. The van der Waals surface area contributed by atoms with Crippen LogP contribution in [0, 0.1) is 0 Å². The number of pyridine rings is 2. The zero-order valence-electron chi connectivity index (χ0n) is 20.1. The maximum absolute atomic E-state index is 5.58. The van der Waals surface area contributed by atoms with Crippen LogP contribution < -0.4 is 9.47 Å². The molecule has 36 heavy (non-hydrogen) atoms. The predicted octanol–water partition coefficient (Wildman–Crippen LogP) is 7.80. The summed E-state index contributed by atoms with van der Waals surface area (Å²) in [5, 5.41) is 2.02. The van der Waals surface area contributed by atoms with Gasteiger partial charge in [0, 0.05) is 27.5 Å². The van der Waals surface area contributed by atoms with Crippen LogP contribution in [-0.2, 0) is 0 Å². The summed E-state index contributed by atoms with van der Waals surface area (Å²) < 4.78 is 11.1. The van der Waals surface area contributed by atoms with Gasteiger partial charge in [0.25, 0.3) is 0 Å². The topological polar surface area (TPSA) is 44.2 Å². The minimum Gasteiger partial charge on any atom is -0.497 e. The van der Waals surface area contributed by atoms with Gasteiger partial charge in [-0.2, -0.15) is 0 Å². The number of benzene rings is 4. The highest BCUT2D eigenvalue weighted by Gasteiger charge is 2.17. The summed E-state index contributed by atoms with van der Waals surface area (Å²) in [5.74, 6) is 1.59. The second kappa shape index (κ2) is 9.16. The van der Waals surface area contributed by atoms with Crippen molar-refractivity contribution in [2.24, 2.45) is 0 Å². The molecule has 0 fully saturated rings. The molecule has 0 unspecified atom stereocenters. The van der Waals surface area contributed by atoms with Crippen LogP contribution in [0.4, 0.5) is 0 Å². The van der Waals surface area contributed by atoms with Crippen LogP contribution in [0.15, 0.2) is 109 Å². The molecule has 4 heteroatoms. The van der Waals surface area contributed by atoms with Crippen molar-refractivity contribution < 1.29 is 9.47 Å². The van der Waals surface area contributed by atoms with E-state index in [1.54, 1.807) is 14.2 Å². The van der Waals surface area contributed by atoms with Gasteiger partial charge in [-0.25, -0.2) is 9.97 Å². The Hall–Kier alpha value is -4.70. The first-order valence-electron chi connectivity index (χ1n) is 11.8. The Morgan fingerprint density at radius 1 is 0.528 bits per heavy atom. The third-order valence-electron chi connectivity index (χ3n) is 6.44. The van der Waals surface area contributed by atoms with Gasteiger partial charge in [-0.05, 0) is 54.1 Å². The van der Waals surface area contributed by atoms with Crippen LogP contribution in [0.5, 0.6) is 11.5 Å². The molecule has 0 saturated carbocycles. The molecular weight excluding hydrogens is 444 g/mol. The summed E-state index contributed by atoms with van der Waals surface area (Å²) in [6.07, 6.45) is 0. The van der Waals surface area contributed by atoms with Gasteiger partial charge in [0.05, 0.1) is 36.6 Å². The summed E-state index contributed by atoms with van der Waals surface area (Å²) in [6.45, 7) is 0. The first-order valence-corrected chi connectivity index (χ1v) is 11.8. The van der Waals surface area contributed by atoms with E-state index in [0.717, 1.165) is 66.9 Å². The molecule has 4 aromatic carbocycles. The highest BCUT2D eigenvalue weighted by molar-refractivity contribution is 6.03. The Kier molecular flexibility index (Phi) is 5.55. The lowest BCUT2D eigenvalue weighted by molar-refractivity contribution is 0.415. The van der Waals surface area contributed by atoms with Gasteiger partial charge in [-0.15, -0.1) is 0 Å². The number of nitrogens with zero attached hydrogens (tertiary/aromatic N) is 2. The Bertz CT molecular complexity index is 1700. The van der Waals surface area contributed by atoms with Crippen LogP contribution >= 0.6 is 0 Å². The van der Waals surface area contributed by atoms with Crippen molar-refractivity contribution >= 4 is 21.8 Å². The van der Waals surface area contributed by atoms with Gasteiger partial charge >= 0.3 is 0 Å². The zero-order chi connectivity index (χ0) is 24.5. The Morgan fingerprint density at radius 2 is 1.17 bits per heavy atom. The summed E-state index contributed by atoms with van der Waals surface area (Å²) in [7, 11) is 3.37. The molecule has 4 nitrogen and oxygen atoms in total. The van der Waals surface area contributed by atoms with Crippen molar-refractivity contribution in [3.05, 3.63) is 109 Å². The largest absolute Gasteiger partial charge is 0.497 e. The lowest BCUT2D eigenvalue weighted by atomic mass is 9.93. The number of fused-ring (bicyclic) bond motifs is 2. The molecular formula is C32H24N2O2. The molecule has 0 bridgehead atoms. The van der Waals surface area contributed by atoms with Crippen LogP contribution in [-0.4, -0.2) is 24.2 Å². The van der Waals surface area contributed by atoms with Gasteiger partial charge in [-0.1, -0.05) is 60.7 Å². The molecule has 174 valence electrons. The number of ether oxygens (including phenoxy) is 2. The van der Waals surface area contributed by atoms with Crippen LogP contribution in [0.2, 0.25) is 0 Å². The normalized spacial score (nSPS) is 11.1. The fourth-order valence-electron chi connectivity index (χ4n) is 4.61. The summed E-state index contributed by atoms with van der Waals surface area (Å²) in [5.41, 5.74) is 7.84. The van der Waals surface area contributed by atoms with E-state index < -0.39 is 0 Å². The average molecular weight is 469 g/mol. The Morgan fingerprint density at radius 3 is 1.86 bits per heavy atom. The lowest BCUT2D eigenvalue weighted by Crippen LogP contribution is -1.96. The van der Waals surface area contributed by atoms with Crippen molar-refractivity contribution in [1.29, 1.82) is 0 Å². The second-order valence-corrected chi connectivity index (χ2v) is 8.61. The number of rotatable bonds is 5. The van der Waals surface area contributed by atoms with E-state index in [9.17, 15) is 0 Å². The quantitative estimate of drug-likeness (QED) is 0.259. The molecule has 0 aliphatic carbocycles. The van der Waals surface area contributed by atoms with Crippen LogP contribution in [0.3, 0.4) is 0 Å². The van der Waals surface area contributed by atoms with Crippen molar-refractivity contribution in [1.82, 2.24) is 9.97 Å². The van der Waals surface area contributed by atoms with Crippen LogP contribution in [0.1, 0.15) is 0 Å². The SMILES string of the molecule is COc1ccc2nc(-c3ccccc3)c(-c3cc(-c4ccccc4)nc4ccc(OC)cc34)cc2c1. The molecule has 0 aliphatic heterocycles. The summed E-state index contributed by atoms with van der Waals surface area (Å²) in [4.78, 5) is 10.1. The molecule has 6 rings (SSSR count). The standard InChI is InChI=1S/C32H24N2O2/c1-35-24-13-15-29-23(17-24)18-28(32(34-29)22-11-7-4-8-12-22)26-20-31(21-9-5-3-6-10-21)33-30-16-14-25(36-2)19-27(26)30/h3-20H,1-2H3. The first-order chi connectivity index (χ1) is 17.7. The number of hydrogen-bond donors (Lipinski definition) is 0. The van der Waals surface area contributed by atoms with Crippen LogP contribution in [0.25, 0.3) is 55.4 Å². The zero-order valence-corrected chi connectivity index (χ0v) is 20.1. The molecule has 0 spiro atoms. The summed E-state index contributed by atoms with van der Waals surface area (Å²) >= 11 is 0. The highest BCUT2D eigenvalue weighted by Crippen LogP contribution is 2.40. The molecule has 0 aliphatic rings. The molecule has 0 saturated heterocycles. The van der Waals surface area contributed by atoms with Gasteiger partial charge in [0.15, 0.2) is 0 Å². The van der Waals surface area contributed by atoms with Crippen molar-refractivity contribution in [3.63, 3.8) is 0 Å². The van der Waals surface area contributed by atoms with E-state index in [1.165, 1.54) is 0 Å². The Balaban J connectivity index is 1.72. The van der Waals surface area contributed by atoms with Gasteiger partial charge in [-0.3, -0.25) is 0 Å². The van der Waals surface area contributed by atoms with Crippen molar-refractivity contribution in [2.45, 2.75) is 0 Å². The first kappa shape index (κ1) is 21.8. The van der Waals surface area contributed by atoms with E-state index in [1.807, 2.05) is 66.7 Å². The van der Waals surface area contributed by atoms with E-state index in [-0.39, 0.29) is 0 Å². The minimum atomic E-state index is 0.787. The Labute approximate surface area is 209 Å². The number of aromatic nitrogens is 2. The molecule has 0 radical (unpaired) electrons. The fraction of sp³-hybridized carbons (Fsp3) is 0.0625. The monoisotopic (exact) mass is 468 g/mol. The van der Waals surface area contributed by atoms with E-state index in [4.69, 9.17) is 19.4 Å². The summed E-state index contributed by atoms with van der Waals surface area (Å²) in [6, 6.07) is 36.9. The smallest absolute Gasteiger partial charge is 0.119 e. The third kappa shape index (κ3) is 3.93. The number of methoxy groups -OCH3 is 2. The van der Waals surface area contributed by atoms with Gasteiger partial charge in [0.2, 0.25) is 0 Å². The fourth-order valence-corrected chi connectivity index (χ4v) is 4.61. The molecule has 0 atom stereocenters. The minimum absolute atomic E-state index is 0.787. The van der Waals surface area contributed by atoms with E-state index >= 15 is 0 Å². The average Bonchev–Trinajstić information content (AvgIpc) is 2.96. The molecule has 2 heterocycles. The number of hydrogen-bond acceptors (Lipinski definition) is 4. The molecule has 0 N–H and O–H groups in total. The third-order valence-corrected chi connectivity index (χ3v) is 6.44. The van der Waals surface area contributed by atoms with Gasteiger partial charge < -0.3 is 9.47 Å². The molecule has 6 aromatic rings. The second-order valence-electron chi connectivity index (χ2n) is 8.61.